The van der Waals surface area contributed by atoms with Crippen LogP contribution >= 0.6 is 11.6 Å². The summed E-state index contributed by atoms with van der Waals surface area (Å²) in [6.07, 6.45) is 2.26. The van der Waals surface area contributed by atoms with Crippen LogP contribution in [0.3, 0.4) is 0 Å². The van der Waals surface area contributed by atoms with Crippen LogP contribution in [0.2, 0.25) is 5.02 Å². The molecule has 0 spiro atoms. The summed E-state index contributed by atoms with van der Waals surface area (Å²) in [5.41, 5.74) is 2.06. The van der Waals surface area contributed by atoms with Crippen LogP contribution in [0.1, 0.15) is 46.8 Å². The first kappa shape index (κ1) is 27.5. The fraction of sp³-hybridized carbons (Fsp3) is 0.379. The van der Waals surface area contributed by atoms with E-state index in [9.17, 15) is 18.7 Å². The number of hydrogen-bond donors (Lipinski definition) is 1. The smallest absolute Gasteiger partial charge is 0.354 e. The van der Waals surface area contributed by atoms with Gasteiger partial charge in [-0.1, -0.05) is 17.7 Å². The van der Waals surface area contributed by atoms with Crippen molar-refractivity contribution in [1.29, 1.82) is 0 Å². The Morgan fingerprint density at radius 2 is 1.85 bits per heavy atom. The van der Waals surface area contributed by atoms with Gasteiger partial charge in [-0.3, -0.25) is 4.90 Å². The van der Waals surface area contributed by atoms with Crippen LogP contribution in [0.15, 0.2) is 42.5 Å². The number of pyridine rings is 2. The first-order valence-electron chi connectivity index (χ1n) is 13.5. The average Bonchev–Trinajstić information content (AvgIpc) is 3.26. The van der Waals surface area contributed by atoms with Crippen LogP contribution in [0.25, 0.3) is 11.2 Å². The van der Waals surface area contributed by atoms with Crippen LogP contribution in [0, 0.1) is 11.6 Å². The highest BCUT2D eigenvalue weighted by molar-refractivity contribution is 6.30. The third kappa shape index (κ3) is 6.17. The number of imidazole rings is 1. The molecule has 214 valence electrons. The van der Waals surface area contributed by atoms with Crippen LogP contribution in [0.4, 0.5) is 8.78 Å². The van der Waals surface area contributed by atoms with Crippen molar-refractivity contribution in [2.24, 2.45) is 0 Å². The Hall–Kier alpha value is -3.67. The van der Waals surface area contributed by atoms with Crippen LogP contribution < -0.4 is 4.74 Å². The van der Waals surface area contributed by atoms with E-state index in [1.54, 1.807) is 18.2 Å². The van der Waals surface area contributed by atoms with E-state index in [2.05, 4.69) is 14.9 Å². The van der Waals surface area contributed by atoms with E-state index in [1.165, 1.54) is 24.3 Å². The Balaban J connectivity index is 1.11. The third-order valence-electron chi connectivity index (χ3n) is 7.51. The molecule has 2 saturated heterocycles. The SMILES string of the molecule is O=C(O)c1ccc2nc(CN3CCC(Oc4nc(Cc5ccc(Cl)cc5F)ccc4F)CC3)n(CC3CCO3)c2n1. The quantitative estimate of drug-likeness (QED) is 0.297. The molecule has 2 aliphatic rings. The van der Waals surface area contributed by atoms with Gasteiger partial charge in [0.15, 0.2) is 17.2 Å². The number of hydrogen-bond acceptors (Lipinski definition) is 7. The molecule has 1 aromatic carbocycles. The van der Waals surface area contributed by atoms with Gasteiger partial charge in [0.2, 0.25) is 0 Å². The monoisotopic (exact) mass is 583 g/mol. The van der Waals surface area contributed by atoms with E-state index in [0.29, 0.717) is 73.1 Å². The normalized spacial score (nSPS) is 18.0. The molecule has 2 aliphatic heterocycles. The highest BCUT2D eigenvalue weighted by Gasteiger charge is 2.27. The standard InChI is InChI=1S/C29H28ClF2N5O4/c30-18-2-1-17(23(32)14-18)13-19-3-4-22(31)28(33-19)41-20-7-10-36(11-8-20)16-26-34-24-5-6-25(29(38)39)35-27(24)37(26)15-21-9-12-40-21/h1-6,14,20-21H,7-13,15-16H2,(H,38,39). The highest BCUT2D eigenvalue weighted by Crippen LogP contribution is 2.25. The molecular formula is C29H28ClF2N5O4. The maximum Gasteiger partial charge on any atom is 0.354 e. The Morgan fingerprint density at radius 3 is 2.56 bits per heavy atom. The van der Waals surface area contributed by atoms with Crippen molar-refractivity contribution in [2.45, 2.75) is 51.0 Å². The first-order valence-corrected chi connectivity index (χ1v) is 13.9. The number of fused-ring (bicyclic) bond motifs is 1. The lowest BCUT2D eigenvalue weighted by atomic mass is 10.1. The van der Waals surface area contributed by atoms with Gasteiger partial charge < -0.3 is 19.1 Å². The Labute approximate surface area is 239 Å². The van der Waals surface area contributed by atoms with E-state index in [0.717, 1.165) is 12.2 Å². The van der Waals surface area contributed by atoms with Crippen molar-refractivity contribution in [3.8, 4) is 5.88 Å². The van der Waals surface area contributed by atoms with E-state index in [-0.39, 0.29) is 30.2 Å². The Kier molecular flexibility index (Phi) is 7.83. The lowest BCUT2D eigenvalue weighted by molar-refractivity contribution is -0.0593. The number of rotatable bonds is 9. The van der Waals surface area contributed by atoms with Crippen molar-refractivity contribution < 1.29 is 28.2 Å². The summed E-state index contributed by atoms with van der Waals surface area (Å²) >= 11 is 5.84. The minimum absolute atomic E-state index is 0.0269. The zero-order chi connectivity index (χ0) is 28.5. The third-order valence-corrected chi connectivity index (χ3v) is 7.74. The van der Waals surface area contributed by atoms with Crippen LogP contribution in [0.5, 0.6) is 5.88 Å². The summed E-state index contributed by atoms with van der Waals surface area (Å²) in [5, 5.41) is 9.71. The summed E-state index contributed by atoms with van der Waals surface area (Å²) in [6, 6.07) is 10.4. The number of carbonyl (C=O) groups is 1. The van der Waals surface area contributed by atoms with Gasteiger partial charge in [0, 0.05) is 36.8 Å². The van der Waals surface area contributed by atoms with Gasteiger partial charge in [-0.05, 0) is 61.2 Å². The first-order chi connectivity index (χ1) is 19.8. The van der Waals surface area contributed by atoms with E-state index >= 15 is 0 Å². The lowest BCUT2D eigenvalue weighted by Gasteiger charge is -2.32. The summed E-state index contributed by atoms with van der Waals surface area (Å²) < 4.78 is 42.4. The molecule has 5 heterocycles. The van der Waals surface area contributed by atoms with Crippen molar-refractivity contribution in [1.82, 2.24) is 24.4 Å². The molecule has 0 radical (unpaired) electrons. The van der Waals surface area contributed by atoms with Gasteiger partial charge >= 0.3 is 5.97 Å². The molecule has 6 rings (SSSR count). The predicted molar refractivity (Wildman–Crippen MR) is 146 cm³/mol. The molecule has 1 N–H and O–H groups in total. The molecule has 1 unspecified atom stereocenters. The fourth-order valence-electron chi connectivity index (χ4n) is 5.16. The average molecular weight is 584 g/mol. The maximum absolute atomic E-state index is 14.6. The molecule has 12 heteroatoms. The summed E-state index contributed by atoms with van der Waals surface area (Å²) in [5.74, 6) is -1.38. The van der Waals surface area contributed by atoms with Gasteiger partial charge in [0.05, 0.1) is 19.2 Å². The minimum atomic E-state index is -1.09. The fourth-order valence-corrected chi connectivity index (χ4v) is 5.32. The second kappa shape index (κ2) is 11.7. The second-order valence-electron chi connectivity index (χ2n) is 10.4. The molecule has 9 nitrogen and oxygen atoms in total. The van der Waals surface area contributed by atoms with Crippen LogP contribution in [-0.2, 0) is 24.2 Å². The second-order valence-corrected chi connectivity index (χ2v) is 10.8. The molecule has 0 saturated carbocycles. The van der Waals surface area contributed by atoms with Crippen molar-refractivity contribution in [2.75, 3.05) is 19.7 Å². The molecule has 0 bridgehead atoms. The van der Waals surface area contributed by atoms with E-state index in [4.69, 9.17) is 26.1 Å². The van der Waals surface area contributed by atoms with Crippen molar-refractivity contribution in [3.63, 3.8) is 0 Å². The Morgan fingerprint density at radius 1 is 1.05 bits per heavy atom. The number of carboxylic acids is 1. The number of nitrogens with zero attached hydrogens (tertiary/aromatic N) is 5. The molecule has 0 amide bonds. The van der Waals surface area contributed by atoms with Gasteiger partial charge in [-0.25, -0.2) is 28.5 Å². The minimum Gasteiger partial charge on any atom is -0.477 e. The van der Waals surface area contributed by atoms with Crippen molar-refractivity contribution in [3.05, 3.63) is 81.9 Å². The number of benzene rings is 1. The largest absolute Gasteiger partial charge is 0.477 e. The highest BCUT2D eigenvalue weighted by atomic mass is 35.5. The number of piperidine rings is 1. The number of halogens is 3. The zero-order valence-electron chi connectivity index (χ0n) is 22.1. The van der Waals surface area contributed by atoms with Gasteiger partial charge in [0.25, 0.3) is 5.88 Å². The molecule has 1 atom stereocenters. The number of carboxylic acid groups (broad SMARTS) is 1. The number of ether oxygens (including phenoxy) is 2. The van der Waals surface area contributed by atoms with Crippen molar-refractivity contribution >= 4 is 28.7 Å². The number of aromatic nitrogens is 4. The molecule has 2 fully saturated rings. The zero-order valence-corrected chi connectivity index (χ0v) is 22.9. The van der Waals surface area contributed by atoms with Gasteiger partial charge in [0.1, 0.15) is 23.3 Å². The Bertz CT molecular complexity index is 1590. The van der Waals surface area contributed by atoms with Crippen LogP contribution in [-0.4, -0.2) is 67.4 Å². The van der Waals surface area contributed by atoms with E-state index < -0.39 is 17.6 Å². The number of aromatic carboxylic acids is 1. The predicted octanol–water partition coefficient (Wildman–Crippen LogP) is 4.88. The number of likely N-dealkylation sites (tertiary alicyclic amines) is 1. The molecule has 41 heavy (non-hydrogen) atoms. The maximum atomic E-state index is 14.6. The van der Waals surface area contributed by atoms with Gasteiger partial charge in [-0.2, -0.15) is 0 Å². The van der Waals surface area contributed by atoms with Gasteiger partial charge in [-0.15, -0.1) is 0 Å². The topological polar surface area (TPSA) is 103 Å². The summed E-state index contributed by atoms with van der Waals surface area (Å²) in [4.78, 5) is 27.2. The molecular weight excluding hydrogens is 556 g/mol. The molecule has 3 aromatic heterocycles. The molecule has 0 aliphatic carbocycles. The lowest BCUT2D eigenvalue weighted by Crippen LogP contribution is -2.39. The summed E-state index contributed by atoms with van der Waals surface area (Å²) in [7, 11) is 0. The summed E-state index contributed by atoms with van der Waals surface area (Å²) in [6.45, 7) is 3.21. The van der Waals surface area contributed by atoms with E-state index in [1.807, 2.05) is 4.57 Å². The molecule has 4 aromatic rings.